The molecule has 1 aromatic heterocycles. The summed E-state index contributed by atoms with van der Waals surface area (Å²) in [4.78, 5) is 0. The van der Waals surface area contributed by atoms with E-state index < -0.39 is 0 Å². The number of benzene rings is 4. The van der Waals surface area contributed by atoms with Crippen molar-refractivity contribution in [1.82, 2.24) is 10.2 Å². The molecule has 0 amide bonds. The predicted octanol–water partition coefficient (Wildman–Crippen LogP) is 6.05. The van der Waals surface area contributed by atoms with Crippen molar-refractivity contribution < 1.29 is 0 Å². The van der Waals surface area contributed by atoms with Crippen molar-refractivity contribution in [3.05, 3.63) is 91.0 Å². The van der Waals surface area contributed by atoms with Crippen molar-refractivity contribution in [3.63, 3.8) is 0 Å². The molecule has 0 radical (unpaired) electrons. The van der Waals surface area contributed by atoms with Crippen LogP contribution in [0.4, 0.5) is 0 Å². The zero-order chi connectivity index (χ0) is 16.6. The first-order valence-corrected chi connectivity index (χ1v) is 8.41. The van der Waals surface area contributed by atoms with Crippen molar-refractivity contribution in [1.29, 1.82) is 0 Å². The van der Waals surface area contributed by atoms with Crippen LogP contribution in [0.15, 0.2) is 91.0 Å². The van der Waals surface area contributed by atoms with Crippen LogP contribution in [0.1, 0.15) is 0 Å². The molecule has 0 unspecified atom stereocenters. The number of aromatic amines is 1. The third kappa shape index (κ3) is 2.39. The van der Waals surface area contributed by atoms with Crippen LogP contribution in [0.5, 0.6) is 0 Å². The van der Waals surface area contributed by atoms with E-state index in [0.29, 0.717) is 0 Å². The number of para-hydroxylation sites is 1. The van der Waals surface area contributed by atoms with E-state index in [0.717, 1.165) is 22.2 Å². The fourth-order valence-corrected chi connectivity index (χ4v) is 3.37. The van der Waals surface area contributed by atoms with Crippen LogP contribution >= 0.6 is 0 Å². The molecule has 25 heavy (non-hydrogen) atoms. The maximum Gasteiger partial charge on any atom is 0.0999 e. The molecule has 0 saturated carbocycles. The molecule has 0 aliphatic carbocycles. The number of nitrogens with zero attached hydrogens (tertiary/aromatic N) is 1. The summed E-state index contributed by atoms with van der Waals surface area (Å²) in [5, 5.41) is 11.3. The highest BCUT2D eigenvalue weighted by Gasteiger charge is 2.08. The van der Waals surface area contributed by atoms with Gasteiger partial charge < -0.3 is 0 Å². The molecule has 2 heteroatoms. The quantitative estimate of drug-likeness (QED) is 0.421. The molecule has 0 spiro atoms. The minimum absolute atomic E-state index is 1.00. The topological polar surface area (TPSA) is 28.7 Å². The van der Waals surface area contributed by atoms with Gasteiger partial charge in [-0.2, -0.15) is 5.10 Å². The van der Waals surface area contributed by atoms with Gasteiger partial charge in [-0.1, -0.05) is 78.9 Å². The molecule has 2 nitrogen and oxygen atoms in total. The standard InChI is InChI=1S/C23H16N2/c1-2-6-19-15-20(14-11-16(19)5-1)17-9-12-18(13-10-17)23-21-7-3-4-8-22(21)24-25-23/h1-15H,(H,24,25). The summed E-state index contributed by atoms with van der Waals surface area (Å²) in [6.45, 7) is 0. The third-order valence-electron chi connectivity index (χ3n) is 4.71. The van der Waals surface area contributed by atoms with Crippen LogP contribution < -0.4 is 0 Å². The summed E-state index contributed by atoms with van der Waals surface area (Å²) < 4.78 is 0. The maximum absolute atomic E-state index is 4.48. The molecule has 5 aromatic rings. The summed E-state index contributed by atoms with van der Waals surface area (Å²) in [6, 6.07) is 31.9. The van der Waals surface area contributed by atoms with Crippen molar-refractivity contribution in [2.45, 2.75) is 0 Å². The van der Waals surface area contributed by atoms with Crippen LogP contribution in [0.3, 0.4) is 0 Å². The zero-order valence-electron chi connectivity index (χ0n) is 13.6. The third-order valence-corrected chi connectivity index (χ3v) is 4.71. The minimum Gasteiger partial charge on any atom is -0.277 e. The molecule has 5 rings (SSSR count). The number of H-pyrrole nitrogens is 1. The van der Waals surface area contributed by atoms with Gasteiger partial charge in [0.1, 0.15) is 0 Å². The number of fused-ring (bicyclic) bond motifs is 2. The highest BCUT2D eigenvalue weighted by atomic mass is 15.1. The SMILES string of the molecule is c1ccc2cc(-c3ccc(-c4n[nH]c5ccccc45)cc3)ccc2c1. The lowest BCUT2D eigenvalue weighted by atomic mass is 9.99. The molecular weight excluding hydrogens is 304 g/mol. The van der Waals surface area contributed by atoms with E-state index in [9.17, 15) is 0 Å². The van der Waals surface area contributed by atoms with E-state index in [-0.39, 0.29) is 0 Å². The van der Waals surface area contributed by atoms with E-state index in [2.05, 4.69) is 89.1 Å². The Bertz CT molecular complexity index is 1180. The second-order valence-corrected chi connectivity index (χ2v) is 6.26. The van der Waals surface area contributed by atoms with Crippen LogP contribution in [0.25, 0.3) is 44.1 Å². The Morgan fingerprint density at radius 1 is 0.560 bits per heavy atom. The van der Waals surface area contributed by atoms with Gasteiger partial charge >= 0.3 is 0 Å². The van der Waals surface area contributed by atoms with Crippen LogP contribution in [-0.2, 0) is 0 Å². The Balaban J connectivity index is 1.56. The summed E-state index contributed by atoms with van der Waals surface area (Å²) >= 11 is 0. The first-order chi connectivity index (χ1) is 12.4. The average molecular weight is 320 g/mol. The van der Waals surface area contributed by atoms with Gasteiger partial charge in [0.05, 0.1) is 11.2 Å². The van der Waals surface area contributed by atoms with Crippen LogP contribution in [-0.4, -0.2) is 10.2 Å². The average Bonchev–Trinajstić information content (AvgIpc) is 3.12. The molecular formula is C23H16N2. The predicted molar refractivity (Wildman–Crippen MR) is 104 cm³/mol. The molecule has 0 saturated heterocycles. The summed E-state index contributed by atoms with van der Waals surface area (Å²) in [6.07, 6.45) is 0. The Labute approximate surface area is 145 Å². The van der Waals surface area contributed by atoms with Gasteiger partial charge in [0.2, 0.25) is 0 Å². The lowest BCUT2D eigenvalue weighted by Crippen LogP contribution is -1.82. The Morgan fingerprint density at radius 3 is 2.12 bits per heavy atom. The Hall–Kier alpha value is -3.39. The van der Waals surface area contributed by atoms with E-state index in [4.69, 9.17) is 0 Å². The summed E-state index contributed by atoms with van der Waals surface area (Å²) in [5.41, 5.74) is 5.64. The number of hydrogen-bond acceptors (Lipinski definition) is 1. The molecule has 0 bridgehead atoms. The fraction of sp³-hybridized carbons (Fsp3) is 0. The van der Waals surface area contributed by atoms with Gasteiger partial charge in [-0.05, 0) is 34.0 Å². The minimum atomic E-state index is 1.00. The number of rotatable bonds is 2. The molecule has 0 aliphatic rings. The molecule has 1 N–H and O–H groups in total. The van der Waals surface area contributed by atoms with Gasteiger partial charge in [-0.3, -0.25) is 5.10 Å². The van der Waals surface area contributed by atoms with Gasteiger partial charge in [-0.25, -0.2) is 0 Å². The van der Waals surface area contributed by atoms with Gasteiger partial charge in [0.25, 0.3) is 0 Å². The lowest BCUT2D eigenvalue weighted by Gasteiger charge is -2.05. The zero-order valence-corrected chi connectivity index (χ0v) is 13.6. The van der Waals surface area contributed by atoms with E-state index in [1.54, 1.807) is 0 Å². The fourth-order valence-electron chi connectivity index (χ4n) is 3.37. The van der Waals surface area contributed by atoms with E-state index >= 15 is 0 Å². The number of aromatic nitrogens is 2. The van der Waals surface area contributed by atoms with Crippen molar-refractivity contribution >= 4 is 21.7 Å². The molecule has 118 valence electrons. The van der Waals surface area contributed by atoms with Gasteiger partial charge in [0.15, 0.2) is 0 Å². The smallest absolute Gasteiger partial charge is 0.0999 e. The molecule has 0 fully saturated rings. The van der Waals surface area contributed by atoms with Crippen LogP contribution in [0, 0.1) is 0 Å². The van der Waals surface area contributed by atoms with Gasteiger partial charge in [0, 0.05) is 10.9 Å². The summed E-state index contributed by atoms with van der Waals surface area (Å²) in [7, 11) is 0. The first-order valence-electron chi connectivity index (χ1n) is 8.41. The normalized spacial score (nSPS) is 11.2. The van der Waals surface area contributed by atoms with Gasteiger partial charge in [-0.15, -0.1) is 0 Å². The molecule has 0 atom stereocenters. The maximum atomic E-state index is 4.48. The Morgan fingerprint density at radius 2 is 1.24 bits per heavy atom. The van der Waals surface area contributed by atoms with Crippen molar-refractivity contribution in [3.8, 4) is 22.4 Å². The number of nitrogens with one attached hydrogen (secondary N) is 1. The first kappa shape index (κ1) is 14.0. The lowest BCUT2D eigenvalue weighted by molar-refractivity contribution is 1.12. The Kier molecular flexibility index (Phi) is 3.14. The second kappa shape index (κ2) is 5.60. The van der Waals surface area contributed by atoms with Crippen molar-refractivity contribution in [2.24, 2.45) is 0 Å². The van der Waals surface area contributed by atoms with E-state index in [1.165, 1.54) is 21.9 Å². The molecule has 4 aromatic carbocycles. The number of hydrogen-bond donors (Lipinski definition) is 1. The highest BCUT2D eigenvalue weighted by Crippen LogP contribution is 2.29. The largest absolute Gasteiger partial charge is 0.277 e. The van der Waals surface area contributed by atoms with Crippen molar-refractivity contribution in [2.75, 3.05) is 0 Å². The monoisotopic (exact) mass is 320 g/mol. The molecule has 0 aliphatic heterocycles. The second-order valence-electron chi connectivity index (χ2n) is 6.26. The highest BCUT2D eigenvalue weighted by molar-refractivity contribution is 5.93. The molecule has 1 heterocycles. The van der Waals surface area contributed by atoms with Crippen LogP contribution in [0.2, 0.25) is 0 Å². The van der Waals surface area contributed by atoms with E-state index in [1.807, 2.05) is 12.1 Å². The summed E-state index contributed by atoms with van der Waals surface area (Å²) in [5.74, 6) is 0.